The third-order valence-corrected chi connectivity index (χ3v) is 2.77. The Morgan fingerprint density at radius 1 is 1.37 bits per heavy atom. The lowest BCUT2D eigenvalue weighted by atomic mass is 10.2. The average molecular weight is 263 g/mol. The summed E-state index contributed by atoms with van der Waals surface area (Å²) in [6.45, 7) is 7.93. The van der Waals surface area contributed by atoms with Gasteiger partial charge in [0.2, 0.25) is 0 Å². The number of hydrogen-bond acceptors (Lipinski definition) is 3. The van der Waals surface area contributed by atoms with E-state index in [1.54, 1.807) is 6.20 Å². The van der Waals surface area contributed by atoms with E-state index in [1.165, 1.54) is 12.8 Å². The standard InChI is InChI=1S/C15H25N3O/c1-4-5-6-8-16-13-7-9-17-14(10-13)15(19)18-11-12(2)3/h7,9-10,12H,4-6,8,11H2,1-3H3,(H,16,17)(H,18,19). The zero-order chi connectivity index (χ0) is 14.1. The monoisotopic (exact) mass is 263 g/mol. The van der Waals surface area contributed by atoms with Crippen molar-refractivity contribution >= 4 is 11.6 Å². The van der Waals surface area contributed by atoms with Crippen molar-refractivity contribution in [1.29, 1.82) is 0 Å². The van der Waals surface area contributed by atoms with Gasteiger partial charge < -0.3 is 10.6 Å². The van der Waals surface area contributed by atoms with E-state index in [2.05, 4.69) is 36.4 Å². The number of anilines is 1. The van der Waals surface area contributed by atoms with Gasteiger partial charge in [0.15, 0.2) is 0 Å². The van der Waals surface area contributed by atoms with Crippen LogP contribution in [0.4, 0.5) is 5.69 Å². The fraction of sp³-hybridized carbons (Fsp3) is 0.600. The number of carbonyl (C=O) groups excluding carboxylic acids is 1. The molecule has 0 aromatic carbocycles. The number of hydrogen-bond donors (Lipinski definition) is 2. The highest BCUT2D eigenvalue weighted by Crippen LogP contribution is 2.08. The smallest absolute Gasteiger partial charge is 0.269 e. The predicted molar refractivity (Wildman–Crippen MR) is 79.4 cm³/mol. The number of nitrogens with zero attached hydrogens (tertiary/aromatic N) is 1. The molecule has 0 spiro atoms. The molecular weight excluding hydrogens is 238 g/mol. The first kappa shape index (κ1) is 15.5. The van der Waals surface area contributed by atoms with Crippen LogP contribution in [0.3, 0.4) is 0 Å². The fourth-order valence-corrected chi connectivity index (χ4v) is 1.66. The Hall–Kier alpha value is -1.58. The highest BCUT2D eigenvalue weighted by atomic mass is 16.1. The predicted octanol–water partition coefficient (Wildman–Crippen LogP) is 3.07. The molecule has 0 unspecified atom stereocenters. The molecule has 19 heavy (non-hydrogen) atoms. The van der Waals surface area contributed by atoms with Crippen molar-refractivity contribution in [3.63, 3.8) is 0 Å². The number of rotatable bonds is 8. The first-order chi connectivity index (χ1) is 9.13. The number of pyridine rings is 1. The Bertz CT molecular complexity index is 391. The molecule has 0 aliphatic rings. The summed E-state index contributed by atoms with van der Waals surface area (Å²) < 4.78 is 0. The molecular formula is C15H25N3O. The summed E-state index contributed by atoms with van der Waals surface area (Å²) >= 11 is 0. The number of amides is 1. The molecule has 2 N–H and O–H groups in total. The lowest BCUT2D eigenvalue weighted by Crippen LogP contribution is -2.28. The maximum Gasteiger partial charge on any atom is 0.269 e. The first-order valence-electron chi connectivity index (χ1n) is 7.11. The van der Waals surface area contributed by atoms with Crippen LogP contribution in [-0.2, 0) is 0 Å². The summed E-state index contributed by atoms with van der Waals surface area (Å²) in [5.41, 5.74) is 1.43. The molecule has 1 aromatic heterocycles. The van der Waals surface area contributed by atoms with Crippen LogP contribution in [0, 0.1) is 5.92 Å². The lowest BCUT2D eigenvalue weighted by molar-refractivity contribution is 0.0944. The summed E-state index contributed by atoms with van der Waals surface area (Å²) in [5.74, 6) is 0.338. The fourth-order valence-electron chi connectivity index (χ4n) is 1.66. The molecule has 0 aliphatic heterocycles. The molecule has 0 saturated heterocycles. The minimum Gasteiger partial charge on any atom is -0.385 e. The maximum atomic E-state index is 11.9. The van der Waals surface area contributed by atoms with E-state index >= 15 is 0 Å². The average Bonchev–Trinajstić information content (AvgIpc) is 2.41. The van der Waals surface area contributed by atoms with Gasteiger partial charge in [-0.2, -0.15) is 0 Å². The minimum absolute atomic E-state index is 0.106. The Balaban J connectivity index is 2.49. The Labute approximate surface area is 116 Å². The van der Waals surface area contributed by atoms with Crippen LogP contribution in [0.5, 0.6) is 0 Å². The highest BCUT2D eigenvalue weighted by molar-refractivity contribution is 5.93. The summed E-state index contributed by atoms with van der Waals surface area (Å²) in [6.07, 6.45) is 5.25. The molecule has 0 aliphatic carbocycles. The Kier molecular flexibility index (Phi) is 6.93. The molecule has 0 fully saturated rings. The quantitative estimate of drug-likeness (QED) is 0.709. The number of carbonyl (C=O) groups is 1. The third kappa shape index (κ3) is 6.22. The zero-order valence-corrected chi connectivity index (χ0v) is 12.2. The van der Waals surface area contributed by atoms with Crippen LogP contribution >= 0.6 is 0 Å². The van der Waals surface area contributed by atoms with Gasteiger partial charge >= 0.3 is 0 Å². The van der Waals surface area contributed by atoms with Crippen molar-refractivity contribution in [1.82, 2.24) is 10.3 Å². The second kappa shape index (κ2) is 8.51. The van der Waals surface area contributed by atoms with Crippen LogP contribution in [0.2, 0.25) is 0 Å². The van der Waals surface area contributed by atoms with E-state index in [0.717, 1.165) is 18.7 Å². The molecule has 0 saturated carbocycles. The van der Waals surface area contributed by atoms with Crippen LogP contribution in [0.25, 0.3) is 0 Å². The SMILES string of the molecule is CCCCCNc1ccnc(C(=O)NCC(C)C)c1. The topological polar surface area (TPSA) is 54.0 Å². The van der Waals surface area contributed by atoms with Gasteiger partial charge in [-0.3, -0.25) is 9.78 Å². The number of aromatic nitrogens is 1. The van der Waals surface area contributed by atoms with Gasteiger partial charge in [0, 0.05) is 25.0 Å². The molecule has 0 atom stereocenters. The zero-order valence-electron chi connectivity index (χ0n) is 12.2. The van der Waals surface area contributed by atoms with Gasteiger partial charge in [-0.05, 0) is 24.5 Å². The Morgan fingerprint density at radius 3 is 2.84 bits per heavy atom. The summed E-state index contributed by atoms with van der Waals surface area (Å²) in [6, 6.07) is 3.70. The van der Waals surface area contributed by atoms with Crippen LogP contribution in [-0.4, -0.2) is 24.0 Å². The molecule has 1 rings (SSSR count). The molecule has 4 nitrogen and oxygen atoms in total. The van der Waals surface area contributed by atoms with Crippen LogP contribution in [0.1, 0.15) is 50.5 Å². The van der Waals surface area contributed by atoms with Gasteiger partial charge in [-0.25, -0.2) is 0 Å². The molecule has 106 valence electrons. The van der Waals surface area contributed by atoms with Gasteiger partial charge in [-0.15, -0.1) is 0 Å². The number of unbranched alkanes of at least 4 members (excludes halogenated alkanes) is 2. The lowest BCUT2D eigenvalue weighted by Gasteiger charge is -2.09. The minimum atomic E-state index is -0.106. The number of nitrogens with one attached hydrogen (secondary N) is 2. The summed E-state index contributed by atoms with van der Waals surface area (Å²) in [4.78, 5) is 16.0. The van der Waals surface area contributed by atoms with Crippen molar-refractivity contribution in [3.05, 3.63) is 24.0 Å². The third-order valence-electron chi connectivity index (χ3n) is 2.77. The van der Waals surface area contributed by atoms with Gasteiger partial charge in [-0.1, -0.05) is 33.6 Å². The van der Waals surface area contributed by atoms with Crippen molar-refractivity contribution in [2.75, 3.05) is 18.4 Å². The molecule has 1 aromatic rings. The van der Waals surface area contributed by atoms with E-state index in [9.17, 15) is 4.79 Å². The van der Waals surface area contributed by atoms with Gasteiger partial charge in [0.05, 0.1) is 0 Å². The summed E-state index contributed by atoms with van der Waals surface area (Å²) in [7, 11) is 0. The molecule has 1 amide bonds. The highest BCUT2D eigenvalue weighted by Gasteiger charge is 2.07. The normalized spacial score (nSPS) is 10.5. The van der Waals surface area contributed by atoms with Crippen molar-refractivity contribution in [2.45, 2.75) is 40.0 Å². The first-order valence-corrected chi connectivity index (χ1v) is 7.11. The van der Waals surface area contributed by atoms with Crippen molar-refractivity contribution < 1.29 is 4.79 Å². The molecule has 4 heteroatoms. The Morgan fingerprint density at radius 2 is 2.16 bits per heavy atom. The van der Waals surface area contributed by atoms with Crippen molar-refractivity contribution in [3.8, 4) is 0 Å². The van der Waals surface area contributed by atoms with E-state index in [4.69, 9.17) is 0 Å². The molecule has 1 heterocycles. The van der Waals surface area contributed by atoms with E-state index in [0.29, 0.717) is 18.2 Å². The summed E-state index contributed by atoms with van der Waals surface area (Å²) in [5, 5.41) is 6.19. The van der Waals surface area contributed by atoms with Gasteiger partial charge in [0.1, 0.15) is 5.69 Å². The van der Waals surface area contributed by atoms with Gasteiger partial charge in [0.25, 0.3) is 5.91 Å². The van der Waals surface area contributed by atoms with E-state index < -0.39 is 0 Å². The maximum absolute atomic E-state index is 11.9. The van der Waals surface area contributed by atoms with Crippen LogP contribution < -0.4 is 10.6 Å². The molecule has 0 radical (unpaired) electrons. The molecule has 0 bridgehead atoms. The van der Waals surface area contributed by atoms with Crippen LogP contribution in [0.15, 0.2) is 18.3 Å². The van der Waals surface area contributed by atoms with E-state index in [1.807, 2.05) is 12.1 Å². The van der Waals surface area contributed by atoms with Crippen molar-refractivity contribution in [2.24, 2.45) is 5.92 Å². The largest absolute Gasteiger partial charge is 0.385 e. The second-order valence-electron chi connectivity index (χ2n) is 5.17. The second-order valence-corrected chi connectivity index (χ2v) is 5.17. The van der Waals surface area contributed by atoms with E-state index in [-0.39, 0.29) is 5.91 Å².